The van der Waals surface area contributed by atoms with Crippen LogP contribution in [-0.2, 0) is 6.54 Å². The van der Waals surface area contributed by atoms with Gasteiger partial charge in [0.1, 0.15) is 0 Å². The standard InChI is InChI=1S/C22H24N4O/c1-4-26(15-18-8-6-5-7-9-18)21(27)19-13-23-22(24-14-19)25-20-12-16(2)10-11-17(20)3/h5-14H,4,15H2,1-3H3,(H,23,24,25). The van der Waals surface area contributed by atoms with Gasteiger partial charge in [-0.05, 0) is 43.5 Å². The van der Waals surface area contributed by atoms with Crippen LogP contribution in [0.5, 0.6) is 0 Å². The third-order valence-corrected chi connectivity index (χ3v) is 4.42. The Labute approximate surface area is 160 Å². The lowest BCUT2D eigenvalue weighted by Crippen LogP contribution is -2.30. The minimum atomic E-state index is -0.0698. The second kappa shape index (κ2) is 8.45. The maximum atomic E-state index is 12.8. The summed E-state index contributed by atoms with van der Waals surface area (Å²) in [6, 6.07) is 16.1. The molecule has 3 aromatic rings. The topological polar surface area (TPSA) is 58.1 Å². The summed E-state index contributed by atoms with van der Waals surface area (Å²) in [7, 11) is 0. The Balaban J connectivity index is 1.71. The molecule has 0 aliphatic carbocycles. The highest BCUT2D eigenvalue weighted by Gasteiger charge is 2.15. The predicted octanol–water partition coefficient (Wildman–Crippen LogP) is 4.50. The fourth-order valence-corrected chi connectivity index (χ4v) is 2.81. The molecule has 0 unspecified atom stereocenters. The first kappa shape index (κ1) is 18.6. The van der Waals surface area contributed by atoms with E-state index in [1.54, 1.807) is 17.3 Å². The molecule has 27 heavy (non-hydrogen) atoms. The molecule has 1 amide bonds. The minimum absolute atomic E-state index is 0.0698. The number of nitrogens with one attached hydrogen (secondary N) is 1. The zero-order chi connectivity index (χ0) is 19.2. The van der Waals surface area contributed by atoms with E-state index in [-0.39, 0.29) is 5.91 Å². The van der Waals surface area contributed by atoms with Crippen molar-refractivity contribution < 1.29 is 4.79 Å². The molecule has 0 atom stereocenters. The molecule has 1 aromatic heterocycles. The van der Waals surface area contributed by atoms with Crippen LogP contribution in [-0.4, -0.2) is 27.3 Å². The van der Waals surface area contributed by atoms with Crippen molar-refractivity contribution in [2.45, 2.75) is 27.3 Å². The summed E-state index contributed by atoms with van der Waals surface area (Å²) in [6.45, 7) is 7.23. The number of hydrogen-bond donors (Lipinski definition) is 1. The molecule has 0 saturated heterocycles. The summed E-state index contributed by atoms with van der Waals surface area (Å²) >= 11 is 0. The van der Waals surface area contributed by atoms with Crippen LogP contribution < -0.4 is 5.32 Å². The van der Waals surface area contributed by atoms with E-state index in [9.17, 15) is 4.79 Å². The number of carbonyl (C=O) groups excluding carboxylic acids is 1. The molecule has 0 bridgehead atoms. The Morgan fingerprint density at radius 3 is 2.41 bits per heavy atom. The molecular formula is C22H24N4O. The number of benzene rings is 2. The van der Waals surface area contributed by atoms with Crippen molar-refractivity contribution >= 4 is 17.5 Å². The van der Waals surface area contributed by atoms with Gasteiger partial charge in [-0.2, -0.15) is 0 Å². The van der Waals surface area contributed by atoms with E-state index < -0.39 is 0 Å². The second-order valence-electron chi connectivity index (χ2n) is 6.54. The number of aromatic nitrogens is 2. The number of rotatable bonds is 6. The van der Waals surface area contributed by atoms with E-state index in [2.05, 4.69) is 33.5 Å². The van der Waals surface area contributed by atoms with E-state index in [1.165, 1.54) is 0 Å². The quantitative estimate of drug-likeness (QED) is 0.703. The fraction of sp³-hybridized carbons (Fsp3) is 0.227. The summed E-state index contributed by atoms with van der Waals surface area (Å²) in [5.41, 5.74) is 4.83. The molecule has 1 heterocycles. The molecule has 0 fully saturated rings. The molecule has 3 rings (SSSR count). The summed E-state index contributed by atoms with van der Waals surface area (Å²) in [6.07, 6.45) is 3.16. The normalized spacial score (nSPS) is 10.5. The fourth-order valence-electron chi connectivity index (χ4n) is 2.81. The third-order valence-electron chi connectivity index (χ3n) is 4.42. The van der Waals surface area contributed by atoms with Crippen LogP contribution in [0.2, 0.25) is 0 Å². The largest absolute Gasteiger partial charge is 0.335 e. The monoisotopic (exact) mass is 360 g/mol. The minimum Gasteiger partial charge on any atom is -0.335 e. The molecule has 0 saturated carbocycles. The second-order valence-corrected chi connectivity index (χ2v) is 6.54. The number of aryl methyl sites for hydroxylation is 2. The van der Waals surface area contributed by atoms with Crippen molar-refractivity contribution in [3.63, 3.8) is 0 Å². The van der Waals surface area contributed by atoms with Crippen LogP contribution in [0, 0.1) is 13.8 Å². The molecule has 1 N–H and O–H groups in total. The molecule has 0 radical (unpaired) electrons. The Bertz CT molecular complexity index is 907. The first-order valence-corrected chi connectivity index (χ1v) is 9.06. The van der Waals surface area contributed by atoms with Crippen LogP contribution in [0.4, 0.5) is 11.6 Å². The van der Waals surface area contributed by atoms with Gasteiger partial charge in [-0.3, -0.25) is 4.79 Å². The summed E-state index contributed by atoms with van der Waals surface area (Å²) in [5.74, 6) is 0.408. The van der Waals surface area contributed by atoms with Crippen LogP contribution in [0.25, 0.3) is 0 Å². The maximum absolute atomic E-state index is 12.8. The highest BCUT2D eigenvalue weighted by molar-refractivity contribution is 5.93. The molecule has 5 heteroatoms. The average Bonchev–Trinajstić information content (AvgIpc) is 2.70. The van der Waals surface area contributed by atoms with Gasteiger partial charge in [0, 0.05) is 31.2 Å². The first-order valence-electron chi connectivity index (χ1n) is 9.06. The lowest BCUT2D eigenvalue weighted by molar-refractivity contribution is 0.0752. The molecular weight excluding hydrogens is 336 g/mol. The molecule has 138 valence electrons. The highest BCUT2D eigenvalue weighted by Crippen LogP contribution is 2.19. The molecule has 0 aliphatic heterocycles. The van der Waals surface area contributed by atoms with Crippen molar-refractivity contribution in [3.8, 4) is 0 Å². The van der Waals surface area contributed by atoms with Crippen molar-refractivity contribution in [2.24, 2.45) is 0 Å². The number of anilines is 2. The van der Waals surface area contributed by atoms with Gasteiger partial charge < -0.3 is 10.2 Å². The lowest BCUT2D eigenvalue weighted by atomic mass is 10.1. The third kappa shape index (κ3) is 4.70. The average molecular weight is 360 g/mol. The van der Waals surface area contributed by atoms with Crippen molar-refractivity contribution in [2.75, 3.05) is 11.9 Å². The van der Waals surface area contributed by atoms with E-state index in [0.29, 0.717) is 24.6 Å². The zero-order valence-electron chi connectivity index (χ0n) is 15.9. The number of nitrogens with zero attached hydrogens (tertiary/aromatic N) is 3. The SMILES string of the molecule is CCN(Cc1ccccc1)C(=O)c1cnc(Nc2cc(C)ccc2C)nc1. The van der Waals surface area contributed by atoms with Gasteiger partial charge in [0.15, 0.2) is 0 Å². The number of hydrogen-bond acceptors (Lipinski definition) is 4. The van der Waals surface area contributed by atoms with E-state index in [0.717, 1.165) is 22.4 Å². The Hall–Kier alpha value is -3.21. The Kier molecular flexibility index (Phi) is 5.81. The van der Waals surface area contributed by atoms with Crippen LogP contribution >= 0.6 is 0 Å². The Morgan fingerprint density at radius 1 is 1.04 bits per heavy atom. The van der Waals surface area contributed by atoms with Crippen molar-refractivity contribution in [3.05, 3.63) is 83.2 Å². The van der Waals surface area contributed by atoms with E-state index in [1.807, 2.05) is 51.1 Å². The van der Waals surface area contributed by atoms with Gasteiger partial charge in [-0.25, -0.2) is 9.97 Å². The molecule has 5 nitrogen and oxygen atoms in total. The van der Waals surface area contributed by atoms with Gasteiger partial charge in [-0.15, -0.1) is 0 Å². The predicted molar refractivity (Wildman–Crippen MR) is 108 cm³/mol. The summed E-state index contributed by atoms with van der Waals surface area (Å²) in [4.78, 5) is 23.2. The van der Waals surface area contributed by atoms with Crippen LogP contribution in [0.1, 0.15) is 34.0 Å². The van der Waals surface area contributed by atoms with Gasteiger partial charge in [-0.1, -0.05) is 42.5 Å². The Morgan fingerprint density at radius 2 is 1.74 bits per heavy atom. The van der Waals surface area contributed by atoms with Crippen LogP contribution in [0.15, 0.2) is 60.9 Å². The number of carbonyl (C=O) groups is 1. The number of amides is 1. The highest BCUT2D eigenvalue weighted by atomic mass is 16.2. The van der Waals surface area contributed by atoms with E-state index in [4.69, 9.17) is 0 Å². The summed E-state index contributed by atoms with van der Waals surface area (Å²) < 4.78 is 0. The van der Waals surface area contributed by atoms with Gasteiger partial charge in [0.25, 0.3) is 5.91 Å². The maximum Gasteiger partial charge on any atom is 0.257 e. The van der Waals surface area contributed by atoms with E-state index >= 15 is 0 Å². The molecule has 0 spiro atoms. The van der Waals surface area contributed by atoms with Gasteiger partial charge in [0.05, 0.1) is 5.56 Å². The molecule has 0 aliphatic rings. The molecule has 2 aromatic carbocycles. The smallest absolute Gasteiger partial charge is 0.257 e. The van der Waals surface area contributed by atoms with Crippen molar-refractivity contribution in [1.29, 1.82) is 0 Å². The zero-order valence-corrected chi connectivity index (χ0v) is 15.9. The van der Waals surface area contributed by atoms with Gasteiger partial charge >= 0.3 is 0 Å². The van der Waals surface area contributed by atoms with Gasteiger partial charge in [0.2, 0.25) is 5.95 Å². The lowest BCUT2D eigenvalue weighted by Gasteiger charge is -2.21. The first-order chi connectivity index (χ1) is 13.1. The van der Waals surface area contributed by atoms with Crippen LogP contribution in [0.3, 0.4) is 0 Å². The summed E-state index contributed by atoms with van der Waals surface area (Å²) in [5, 5.41) is 3.22. The van der Waals surface area contributed by atoms with Crippen molar-refractivity contribution in [1.82, 2.24) is 14.9 Å².